The summed E-state index contributed by atoms with van der Waals surface area (Å²) in [6.07, 6.45) is 5.57. The Balaban J connectivity index is 1.39. The number of carbonyl (C=O) groups excluding carboxylic acids is 1. The zero-order valence-electron chi connectivity index (χ0n) is 18.6. The van der Waals surface area contributed by atoms with Crippen LogP contribution < -0.4 is 10.2 Å². The van der Waals surface area contributed by atoms with E-state index in [2.05, 4.69) is 38.3 Å². The largest absolute Gasteiger partial charge is 0.369 e. The van der Waals surface area contributed by atoms with Crippen molar-refractivity contribution in [1.82, 2.24) is 19.7 Å². The van der Waals surface area contributed by atoms with Gasteiger partial charge in [-0.05, 0) is 48.3 Å². The topological polar surface area (TPSA) is 66.3 Å². The lowest BCUT2D eigenvalue weighted by atomic mass is 10.0. The molecule has 1 N–H and O–H groups in total. The molecule has 4 aromatic rings. The number of rotatable bonds is 4. The number of hydrogen-bond donors (Lipinski definition) is 1. The van der Waals surface area contributed by atoms with Crippen LogP contribution in [0.2, 0.25) is 5.02 Å². The van der Waals surface area contributed by atoms with Crippen LogP contribution >= 0.6 is 11.6 Å². The van der Waals surface area contributed by atoms with Gasteiger partial charge in [0.25, 0.3) is 5.91 Å². The van der Waals surface area contributed by atoms with Gasteiger partial charge in [-0.25, -0.2) is 4.98 Å². The van der Waals surface area contributed by atoms with Gasteiger partial charge in [-0.3, -0.25) is 9.48 Å². The molecular weight excluding hydrogens is 436 g/mol. The Labute approximate surface area is 197 Å². The number of amides is 1. The third-order valence-electron chi connectivity index (χ3n) is 6.06. The summed E-state index contributed by atoms with van der Waals surface area (Å²) in [6, 6.07) is 13.6. The highest BCUT2D eigenvalue weighted by Crippen LogP contribution is 2.27. The second kappa shape index (κ2) is 8.84. The third kappa shape index (κ3) is 4.55. The van der Waals surface area contributed by atoms with Crippen LogP contribution in [0.15, 0.2) is 61.1 Å². The molecule has 0 bridgehead atoms. The molecular formula is C25H25ClN6O. The van der Waals surface area contributed by atoms with E-state index in [1.54, 1.807) is 16.9 Å². The van der Waals surface area contributed by atoms with Gasteiger partial charge >= 0.3 is 0 Å². The average molecular weight is 461 g/mol. The fraction of sp³-hybridized carbons (Fsp3) is 0.240. The van der Waals surface area contributed by atoms with Crippen LogP contribution in [0.3, 0.4) is 0 Å². The van der Waals surface area contributed by atoms with E-state index in [9.17, 15) is 4.79 Å². The summed E-state index contributed by atoms with van der Waals surface area (Å²) in [4.78, 5) is 22.1. The highest BCUT2D eigenvalue weighted by atomic mass is 35.5. The molecule has 0 radical (unpaired) electrons. The summed E-state index contributed by atoms with van der Waals surface area (Å²) < 4.78 is 1.78. The number of aromatic nitrogens is 3. The molecule has 2 aromatic heterocycles. The van der Waals surface area contributed by atoms with Crippen LogP contribution in [0.4, 0.5) is 11.5 Å². The van der Waals surface area contributed by atoms with Gasteiger partial charge < -0.3 is 15.1 Å². The van der Waals surface area contributed by atoms with Crippen LogP contribution in [-0.4, -0.2) is 58.8 Å². The Kier molecular flexibility index (Phi) is 5.74. The lowest BCUT2D eigenvalue weighted by Crippen LogP contribution is -2.44. The van der Waals surface area contributed by atoms with Gasteiger partial charge in [0, 0.05) is 62.3 Å². The van der Waals surface area contributed by atoms with E-state index < -0.39 is 0 Å². The molecule has 8 heteroatoms. The Morgan fingerprint density at radius 3 is 2.52 bits per heavy atom. The number of nitrogens with one attached hydrogen (secondary N) is 1. The molecule has 1 aliphatic heterocycles. The normalized spacial score (nSPS) is 14.6. The summed E-state index contributed by atoms with van der Waals surface area (Å²) in [7, 11) is 4.01. The molecule has 0 aliphatic carbocycles. The van der Waals surface area contributed by atoms with E-state index in [0.29, 0.717) is 16.4 Å². The van der Waals surface area contributed by atoms with Crippen molar-refractivity contribution in [3.8, 4) is 11.1 Å². The predicted molar refractivity (Wildman–Crippen MR) is 133 cm³/mol. The van der Waals surface area contributed by atoms with Gasteiger partial charge in [-0.1, -0.05) is 23.7 Å². The smallest absolute Gasteiger partial charge is 0.258 e. The highest BCUT2D eigenvalue weighted by Gasteiger charge is 2.18. The number of benzene rings is 2. The number of anilines is 2. The van der Waals surface area contributed by atoms with Gasteiger partial charge in [0.15, 0.2) is 0 Å². The molecule has 0 atom stereocenters. The Morgan fingerprint density at radius 1 is 0.939 bits per heavy atom. The number of aryl methyl sites for hydroxylation is 1. The number of likely N-dealkylation sites (N-methyl/N-ethyl adjacent to an activating group) is 1. The molecule has 1 saturated heterocycles. The summed E-state index contributed by atoms with van der Waals surface area (Å²) in [5.41, 5.74) is 3.54. The van der Waals surface area contributed by atoms with Crippen LogP contribution in [-0.2, 0) is 7.05 Å². The van der Waals surface area contributed by atoms with Crippen LogP contribution in [0.5, 0.6) is 0 Å². The van der Waals surface area contributed by atoms with E-state index >= 15 is 0 Å². The van der Waals surface area contributed by atoms with Gasteiger partial charge in [-0.2, -0.15) is 5.10 Å². The van der Waals surface area contributed by atoms with Crippen LogP contribution in [0.25, 0.3) is 21.9 Å². The molecule has 3 heterocycles. The van der Waals surface area contributed by atoms with Crippen molar-refractivity contribution in [3.05, 3.63) is 71.6 Å². The number of fused-ring (bicyclic) bond motifs is 1. The van der Waals surface area contributed by atoms with Gasteiger partial charge in [-0.15, -0.1) is 0 Å². The Bertz CT molecular complexity index is 1330. The van der Waals surface area contributed by atoms with E-state index in [0.717, 1.165) is 53.8 Å². The van der Waals surface area contributed by atoms with Crippen LogP contribution in [0.1, 0.15) is 10.4 Å². The van der Waals surface area contributed by atoms with Crippen molar-refractivity contribution in [2.24, 2.45) is 7.05 Å². The predicted octanol–water partition coefficient (Wildman–Crippen LogP) is 4.29. The maximum atomic E-state index is 13.1. The molecule has 7 nitrogen and oxygen atoms in total. The minimum absolute atomic E-state index is 0.272. The first-order chi connectivity index (χ1) is 16.0. The number of pyridine rings is 1. The summed E-state index contributed by atoms with van der Waals surface area (Å²) in [6.45, 7) is 3.83. The van der Waals surface area contributed by atoms with Gasteiger partial charge in [0.1, 0.15) is 5.82 Å². The van der Waals surface area contributed by atoms with Crippen molar-refractivity contribution in [2.45, 2.75) is 0 Å². The molecule has 33 heavy (non-hydrogen) atoms. The lowest BCUT2D eigenvalue weighted by Gasteiger charge is -2.34. The minimum Gasteiger partial charge on any atom is -0.369 e. The monoisotopic (exact) mass is 460 g/mol. The second-order valence-corrected chi connectivity index (χ2v) is 8.85. The number of hydrogen-bond acceptors (Lipinski definition) is 5. The number of piperazine rings is 1. The highest BCUT2D eigenvalue weighted by molar-refractivity contribution is 6.34. The maximum absolute atomic E-state index is 13.1. The Hall–Kier alpha value is -3.42. The molecule has 1 aliphatic rings. The van der Waals surface area contributed by atoms with Crippen molar-refractivity contribution in [2.75, 3.05) is 43.4 Å². The fourth-order valence-corrected chi connectivity index (χ4v) is 4.29. The molecule has 1 amide bonds. The second-order valence-electron chi connectivity index (χ2n) is 8.44. The van der Waals surface area contributed by atoms with E-state index in [-0.39, 0.29) is 5.91 Å². The van der Waals surface area contributed by atoms with E-state index in [1.807, 2.05) is 49.8 Å². The molecule has 1 fully saturated rings. The van der Waals surface area contributed by atoms with E-state index in [4.69, 9.17) is 11.6 Å². The molecule has 5 rings (SSSR count). The molecule has 0 spiro atoms. The average Bonchev–Trinajstić information content (AvgIpc) is 3.26. The lowest BCUT2D eigenvalue weighted by molar-refractivity contribution is 0.102. The number of carbonyl (C=O) groups is 1. The van der Waals surface area contributed by atoms with Crippen molar-refractivity contribution >= 4 is 39.8 Å². The van der Waals surface area contributed by atoms with Crippen molar-refractivity contribution in [3.63, 3.8) is 0 Å². The molecule has 168 valence electrons. The zero-order valence-corrected chi connectivity index (χ0v) is 19.4. The molecule has 0 unspecified atom stereocenters. The number of nitrogens with zero attached hydrogens (tertiary/aromatic N) is 5. The third-order valence-corrected chi connectivity index (χ3v) is 6.39. The quantitative estimate of drug-likeness (QED) is 0.492. The first-order valence-electron chi connectivity index (χ1n) is 10.9. The van der Waals surface area contributed by atoms with Crippen molar-refractivity contribution in [1.29, 1.82) is 0 Å². The molecule has 0 saturated carbocycles. The summed E-state index contributed by atoms with van der Waals surface area (Å²) in [5.74, 6) is 0.211. The number of halogens is 1. The van der Waals surface area contributed by atoms with Crippen molar-refractivity contribution < 1.29 is 4.79 Å². The first-order valence-corrected chi connectivity index (χ1v) is 11.3. The SMILES string of the molecule is CN1CCN(c2ccc(Cl)c(C(=O)Nc3cc4cc(-c5cnn(C)c5)ccc4cn3)c2)CC1. The molecule has 2 aromatic carbocycles. The van der Waals surface area contributed by atoms with Crippen LogP contribution in [0, 0.1) is 0 Å². The maximum Gasteiger partial charge on any atom is 0.258 e. The summed E-state index contributed by atoms with van der Waals surface area (Å²) in [5, 5.41) is 9.56. The van der Waals surface area contributed by atoms with E-state index in [1.165, 1.54) is 0 Å². The summed E-state index contributed by atoms with van der Waals surface area (Å²) >= 11 is 6.39. The zero-order chi connectivity index (χ0) is 22.9. The Morgan fingerprint density at radius 2 is 1.76 bits per heavy atom. The fourth-order valence-electron chi connectivity index (χ4n) is 4.09. The van der Waals surface area contributed by atoms with Gasteiger partial charge in [0.2, 0.25) is 0 Å². The minimum atomic E-state index is -0.272. The first kappa shape index (κ1) is 21.4. The van der Waals surface area contributed by atoms with Gasteiger partial charge in [0.05, 0.1) is 16.8 Å². The standard InChI is InChI=1S/C25H25ClN6O/c1-30-7-9-32(10-8-30)21-5-6-23(26)22(13-21)25(33)29-24-12-19-11-17(3-4-18(19)14-27-24)20-15-28-31(2)16-20/h3-6,11-16H,7-10H2,1-2H3,(H,27,29,33).